The third-order valence-electron chi connectivity index (χ3n) is 3.44. The Morgan fingerprint density at radius 1 is 1.04 bits per heavy atom. The number of amides is 1. The minimum Gasteiger partial charge on any atom is -0.343 e. The van der Waals surface area contributed by atoms with Gasteiger partial charge in [-0.1, -0.05) is 0 Å². The number of aromatic nitrogens is 1. The van der Waals surface area contributed by atoms with Crippen LogP contribution in [0.15, 0.2) is 23.2 Å². The van der Waals surface area contributed by atoms with E-state index in [9.17, 15) is 30.8 Å². The van der Waals surface area contributed by atoms with Crippen LogP contribution in [0.2, 0.25) is 0 Å². The van der Waals surface area contributed by atoms with Gasteiger partial charge >= 0.3 is 0 Å². The highest BCUT2D eigenvalue weighted by atomic mass is 32.2. The Balaban J connectivity index is 2.36. The predicted molar refractivity (Wildman–Crippen MR) is 92.9 cm³/mol. The smallest absolute Gasteiger partial charge is 0.275 e. The first kappa shape index (κ1) is 21.9. The van der Waals surface area contributed by atoms with Crippen molar-refractivity contribution in [2.75, 3.05) is 5.32 Å². The number of nitrogens with zero attached hydrogens (tertiary/aromatic N) is 1. The molecule has 0 unspecified atom stereocenters. The maximum absolute atomic E-state index is 14.6. The van der Waals surface area contributed by atoms with Gasteiger partial charge in [-0.2, -0.15) is 0 Å². The Kier molecular flexibility index (Phi) is 5.87. The molecule has 1 aromatic heterocycles. The van der Waals surface area contributed by atoms with Crippen molar-refractivity contribution < 1.29 is 30.8 Å². The maximum atomic E-state index is 14.6. The molecular weight excluding hydrogens is 404 g/mol. The van der Waals surface area contributed by atoms with Crippen LogP contribution in [0.1, 0.15) is 31.3 Å². The molecule has 7 nitrogen and oxygen atoms in total. The van der Waals surface area contributed by atoms with Crippen LogP contribution in [0.25, 0.3) is 0 Å². The lowest BCUT2D eigenvalue weighted by atomic mass is 10.1. The molecule has 0 radical (unpaired) electrons. The number of halogens is 4. The van der Waals surface area contributed by atoms with Crippen LogP contribution in [-0.4, -0.2) is 24.4 Å². The van der Waals surface area contributed by atoms with Gasteiger partial charge in [-0.05, 0) is 32.9 Å². The second kappa shape index (κ2) is 7.53. The molecule has 0 atom stereocenters. The van der Waals surface area contributed by atoms with Gasteiger partial charge in [0.05, 0.1) is 5.69 Å². The minimum absolute atomic E-state index is 0.577. The van der Waals surface area contributed by atoms with Crippen molar-refractivity contribution in [3.8, 4) is 0 Å². The predicted octanol–water partition coefficient (Wildman–Crippen LogP) is 2.42. The third-order valence-corrected chi connectivity index (χ3v) is 4.67. The number of carbonyl (C=O) groups is 1. The van der Waals surface area contributed by atoms with Crippen molar-refractivity contribution in [1.82, 2.24) is 14.8 Å². The number of aryl methyl sites for hydroxylation is 1. The van der Waals surface area contributed by atoms with Gasteiger partial charge in [-0.3, -0.25) is 4.79 Å². The van der Waals surface area contributed by atoms with Crippen molar-refractivity contribution in [3.63, 3.8) is 0 Å². The van der Waals surface area contributed by atoms with Crippen LogP contribution < -0.4 is 15.6 Å². The van der Waals surface area contributed by atoms with Crippen molar-refractivity contribution >= 4 is 21.6 Å². The summed E-state index contributed by atoms with van der Waals surface area (Å²) in [6.45, 7) is 4.98. The average Bonchev–Trinajstić information content (AvgIpc) is 2.88. The molecule has 0 aliphatic rings. The van der Waals surface area contributed by atoms with Crippen LogP contribution in [-0.2, 0) is 17.1 Å². The molecular formula is C16H18F4N4O3S. The topological polar surface area (TPSA) is 92.2 Å². The second-order valence-corrected chi connectivity index (χ2v) is 8.58. The van der Waals surface area contributed by atoms with E-state index in [1.54, 1.807) is 20.8 Å². The normalized spacial score (nSPS) is 12.3. The van der Waals surface area contributed by atoms with Crippen molar-refractivity contribution in [2.24, 2.45) is 7.05 Å². The summed E-state index contributed by atoms with van der Waals surface area (Å²) in [7, 11) is -3.18. The van der Waals surface area contributed by atoms with Crippen LogP contribution >= 0.6 is 0 Å². The molecule has 0 aliphatic heterocycles. The maximum Gasteiger partial charge on any atom is 0.275 e. The number of hydrazine groups is 1. The molecule has 28 heavy (non-hydrogen) atoms. The summed E-state index contributed by atoms with van der Waals surface area (Å²) in [5, 5.41) is 1.88. The molecule has 0 saturated carbocycles. The number of benzene rings is 1. The van der Waals surface area contributed by atoms with E-state index in [0.717, 1.165) is 16.8 Å². The zero-order valence-electron chi connectivity index (χ0n) is 15.3. The van der Waals surface area contributed by atoms with E-state index >= 15 is 0 Å². The number of sulfonamides is 1. The highest BCUT2D eigenvalue weighted by Gasteiger charge is 2.30. The van der Waals surface area contributed by atoms with E-state index in [4.69, 9.17) is 0 Å². The molecule has 2 aromatic rings. The Labute approximate surface area is 158 Å². The molecule has 0 saturated heterocycles. The van der Waals surface area contributed by atoms with Crippen molar-refractivity contribution in [3.05, 3.63) is 47.3 Å². The molecule has 1 aromatic carbocycles. The van der Waals surface area contributed by atoms with Gasteiger partial charge in [0.15, 0.2) is 23.3 Å². The minimum atomic E-state index is -4.37. The van der Waals surface area contributed by atoms with Gasteiger partial charge in [0.1, 0.15) is 10.6 Å². The van der Waals surface area contributed by atoms with Crippen molar-refractivity contribution in [2.45, 2.75) is 31.2 Å². The van der Waals surface area contributed by atoms with E-state index in [1.165, 1.54) is 7.05 Å². The highest BCUT2D eigenvalue weighted by Crippen LogP contribution is 2.23. The Morgan fingerprint density at radius 2 is 1.64 bits per heavy atom. The summed E-state index contributed by atoms with van der Waals surface area (Å²) >= 11 is 0. The number of nitrogens with one attached hydrogen (secondary N) is 3. The molecule has 154 valence electrons. The Bertz CT molecular complexity index is 1030. The standard InChI is InChI=1S/C16H18F4N4O3S/c1-16(2,3)22-23-28(26,27)10-7-24(4)14(13(10)20)15(25)21-9-6-5-8(17)11(18)12(9)19/h5-7,22-23H,1-4H3,(H,21,25). The zero-order chi connectivity index (χ0) is 21.4. The quantitative estimate of drug-likeness (QED) is 0.392. The van der Waals surface area contributed by atoms with Crippen LogP contribution in [0.3, 0.4) is 0 Å². The van der Waals surface area contributed by atoms with Gasteiger partial charge in [0, 0.05) is 18.8 Å². The van der Waals surface area contributed by atoms with Gasteiger partial charge in [-0.15, -0.1) is 4.83 Å². The lowest BCUT2D eigenvalue weighted by Gasteiger charge is -2.20. The summed E-state index contributed by atoms with van der Waals surface area (Å²) in [4.78, 5) is 13.4. The second-order valence-electron chi connectivity index (χ2n) is 6.92. The molecule has 0 spiro atoms. The SMILES string of the molecule is Cn1cc(S(=O)(=O)NNC(C)(C)C)c(F)c1C(=O)Nc1ccc(F)c(F)c1F. The van der Waals surface area contributed by atoms with E-state index in [0.29, 0.717) is 6.07 Å². The number of rotatable bonds is 5. The number of carbonyl (C=O) groups excluding carboxylic acids is 1. The van der Waals surface area contributed by atoms with Crippen LogP contribution in [0.4, 0.5) is 23.2 Å². The lowest BCUT2D eigenvalue weighted by molar-refractivity contribution is 0.101. The van der Waals surface area contributed by atoms with Gasteiger partial charge < -0.3 is 9.88 Å². The first-order chi connectivity index (χ1) is 12.7. The molecule has 3 N–H and O–H groups in total. The van der Waals surface area contributed by atoms with E-state index in [2.05, 4.69) is 5.43 Å². The summed E-state index contributed by atoms with van der Waals surface area (Å²) in [6, 6.07) is 1.33. The fraction of sp³-hybridized carbons (Fsp3) is 0.312. The molecule has 12 heteroatoms. The molecule has 1 amide bonds. The molecule has 0 fully saturated rings. The van der Waals surface area contributed by atoms with Gasteiger partial charge in [0.25, 0.3) is 15.9 Å². The largest absolute Gasteiger partial charge is 0.343 e. The molecule has 0 aliphatic carbocycles. The van der Waals surface area contributed by atoms with E-state index in [-0.39, 0.29) is 0 Å². The average molecular weight is 422 g/mol. The summed E-state index contributed by atoms with van der Waals surface area (Å²) in [5.74, 6) is -7.61. The highest BCUT2D eigenvalue weighted by molar-refractivity contribution is 7.89. The first-order valence-electron chi connectivity index (χ1n) is 7.83. The van der Waals surface area contributed by atoms with Gasteiger partial charge in [0.2, 0.25) is 0 Å². The summed E-state index contributed by atoms with van der Waals surface area (Å²) in [5.41, 5.74) is 0.315. The van der Waals surface area contributed by atoms with Gasteiger partial charge in [-0.25, -0.2) is 31.4 Å². The fourth-order valence-corrected chi connectivity index (χ4v) is 3.28. The third kappa shape index (κ3) is 4.51. The number of hydrogen-bond acceptors (Lipinski definition) is 4. The molecule has 1 heterocycles. The number of anilines is 1. The number of hydrogen-bond donors (Lipinski definition) is 3. The van der Waals surface area contributed by atoms with E-state index < -0.39 is 61.0 Å². The molecule has 0 bridgehead atoms. The lowest BCUT2D eigenvalue weighted by Crippen LogP contribution is -2.48. The monoisotopic (exact) mass is 422 g/mol. The molecule has 2 rings (SSSR count). The first-order valence-corrected chi connectivity index (χ1v) is 9.31. The Morgan fingerprint density at radius 3 is 2.21 bits per heavy atom. The van der Waals surface area contributed by atoms with Crippen LogP contribution in [0, 0.1) is 23.3 Å². The van der Waals surface area contributed by atoms with Crippen LogP contribution in [0.5, 0.6) is 0 Å². The summed E-state index contributed by atoms with van der Waals surface area (Å²) < 4.78 is 80.0. The van der Waals surface area contributed by atoms with Crippen molar-refractivity contribution in [1.29, 1.82) is 0 Å². The van der Waals surface area contributed by atoms with E-state index in [1.807, 2.05) is 10.1 Å². The fourth-order valence-electron chi connectivity index (χ4n) is 2.10. The Hall–Kier alpha value is -2.44. The zero-order valence-corrected chi connectivity index (χ0v) is 16.1. The summed E-state index contributed by atoms with van der Waals surface area (Å²) in [6.07, 6.45) is 0.846.